The van der Waals surface area contributed by atoms with E-state index in [9.17, 15) is 4.79 Å². The first-order valence-corrected chi connectivity index (χ1v) is 7.16. The van der Waals surface area contributed by atoms with E-state index < -0.39 is 0 Å². The summed E-state index contributed by atoms with van der Waals surface area (Å²) in [5, 5.41) is 6.28. The van der Waals surface area contributed by atoms with E-state index in [4.69, 9.17) is 0 Å². The summed E-state index contributed by atoms with van der Waals surface area (Å²) in [6, 6.07) is 0.242. The third kappa shape index (κ3) is 6.38. The van der Waals surface area contributed by atoms with E-state index in [2.05, 4.69) is 29.5 Å². The maximum absolute atomic E-state index is 11.8. The minimum atomic E-state index is 0.0476. The highest BCUT2D eigenvalue weighted by atomic mass is 16.2. The summed E-state index contributed by atoms with van der Waals surface area (Å²) in [5.41, 5.74) is 0.975. The Labute approximate surface area is 115 Å². The van der Waals surface area contributed by atoms with Crippen LogP contribution in [-0.2, 0) is 17.9 Å². The molecule has 1 rings (SSSR count). The Morgan fingerprint density at radius 3 is 2.89 bits per heavy atom. The number of carbonyl (C=O) groups is 1. The number of imidazole rings is 1. The van der Waals surface area contributed by atoms with Gasteiger partial charge in [-0.05, 0) is 26.3 Å². The molecule has 108 valence electrons. The van der Waals surface area contributed by atoms with Crippen LogP contribution >= 0.6 is 0 Å². The van der Waals surface area contributed by atoms with Gasteiger partial charge in [0.2, 0.25) is 5.91 Å². The molecule has 0 bridgehead atoms. The molecule has 0 fully saturated rings. The zero-order chi connectivity index (χ0) is 14.1. The molecule has 0 aliphatic rings. The van der Waals surface area contributed by atoms with Gasteiger partial charge in [0.25, 0.3) is 0 Å². The van der Waals surface area contributed by atoms with E-state index in [1.807, 2.05) is 17.7 Å². The Kier molecular flexibility index (Phi) is 7.18. The van der Waals surface area contributed by atoms with Crippen molar-refractivity contribution in [2.24, 2.45) is 0 Å². The Hall–Kier alpha value is -1.36. The smallest absolute Gasteiger partial charge is 0.240 e. The van der Waals surface area contributed by atoms with Crippen molar-refractivity contribution in [3.8, 4) is 0 Å². The number of amides is 1. The van der Waals surface area contributed by atoms with Crippen LogP contribution in [0.3, 0.4) is 0 Å². The zero-order valence-corrected chi connectivity index (χ0v) is 12.3. The van der Waals surface area contributed by atoms with Crippen molar-refractivity contribution in [1.29, 1.82) is 0 Å². The second kappa shape index (κ2) is 8.69. The lowest BCUT2D eigenvalue weighted by Gasteiger charge is -2.12. The Morgan fingerprint density at radius 2 is 2.21 bits per heavy atom. The van der Waals surface area contributed by atoms with Crippen molar-refractivity contribution in [2.75, 3.05) is 6.54 Å². The molecular formula is C14H26N4O. The van der Waals surface area contributed by atoms with Gasteiger partial charge in [0.15, 0.2) is 0 Å². The van der Waals surface area contributed by atoms with Crippen LogP contribution in [0.15, 0.2) is 12.5 Å². The highest BCUT2D eigenvalue weighted by Gasteiger charge is 2.07. The van der Waals surface area contributed by atoms with Crippen LogP contribution in [0.2, 0.25) is 0 Å². The van der Waals surface area contributed by atoms with E-state index in [-0.39, 0.29) is 11.9 Å². The SMILES string of the molecule is CCCNCc1cn(CC(=O)NC(C)CCC)cn1. The molecule has 1 atom stereocenters. The predicted molar refractivity (Wildman–Crippen MR) is 76.7 cm³/mol. The molecule has 1 unspecified atom stereocenters. The molecule has 0 aromatic carbocycles. The number of hydrogen-bond donors (Lipinski definition) is 2. The first kappa shape index (κ1) is 15.7. The fourth-order valence-corrected chi connectivity index (χ4v) is 1.97. The minimum absolute atomic E-state index is 0.0476. The number of aromatic nitrogens is 2. The van der Waals surface area contributed by atoms with Crippen LogP contribution in [0.4, 0.5) is 0 Å². The molecule has 0 saturated carbocycles. The van der Waals surface area contributed by atoms with E-state index in [1.165, 1.54) is 0 Å². The molecule has 5 heteroatoms. The molecular weight excluding hydrogens is 240 g/mol. The highest BCUT2D eigenvalue weighted by molar-refractivity contribution is 5.75. The van der Waals surface area contributed by atoms with Crippen molar-refractivity contribution in [2.45, 2.75) is 59.2 Å². The van der Waals surface area contributed by atoms with Crippen LogP contribution in [0.5, 0.6) is 0 Å². The summed E-state index contributed by atoms with van der Waals surface area (Å²) < 4.78 is 1.83. The number of nitrogens with zero attached hydrogens (tertiary/aromatic N) is 2. The Morgan fingerprint density at radius 1 is 1.42 bits per heavy atom. The van der Waals surface area contributed by atoms with E-state index in [0.29, 0.717) is 6.54 Å². The summed E-state index contributed by atoms with van der Waals surface area (Å²) in [6.45, 7) is 8.38. The number of carbonyl (C=O) groups excluding carboxylic acids is 1. The monoisotopic (exact) mass is 266 g/mol. The van der Waals surface area contributed by atoms with Crippen molar-refractivity contribution in [3.63, 3.8) is 0 Å². The zero-order valence-electron chi connectivity index (χ0n) is 12.3. The molecule has 1 amide bonds. The number of rotatable bonds is 9. The van der Waals surface area contributed by atoms with Crippen molar-refractivity contribution >= 4 is 5.91 Å². The fraction of sp³-hybridized carbons (Fsp3) is 0.714. The Balaban J connectivity index is 2.34. The van der Waals surface area contributed by atoms with Crippen LogP contribution in [0.25, 0.3) is 0 Å². The van der Waals surface area contributed by atoms with Gasteiger partial charge in [0.05, 0.1) is 12.0 Å². The summed E-state index contributed by atoms with van der Waals surface area (Å²) in [7, 11) is 0. The topological polar surface area (TPSA) is 59.0 Å². The molecule has 1 heterocycles. The van der Waals surface area contributed by atoms with Gasteiger partial charge < -0.3 is 15.2 Å². The summed E-state index contributed by atoms with van der Waals surface area (Å²) in [4.78, 5) is 16.1. The van der Waals surface area contributed by atoms with Crippen molar-refractivity contribution < 1.29 is 4.79 Å². The number of hydrogen-bond acceptors (Lipinski definition) is 3. The normalized spacial score (nSPS) is 12.4. The van der Waals surface area contributed by atoms with Crippen LogP contribution in [-0.4, -0.2) is 28.0 Å². The lowest BCUT2D eigenvalue weighted by Crippen LogP contribution is -2.34. The number of nitrogens with one attached hydrogen (secondary N) is 2. The molecule has 0 radical (unpaired) electrons. The average Bonchev–Trinajstić information content (AvgIpc) is 2.77. The van der Waals surface area contributed by atoms with E-state index in [1.54, 1.807) is 6.33 Å². The summed E-state index contributed by atoms with van der Waals surface area (Å²) >= 11 is 0. The standard InChI is InChI=1S/C14H26N4O/c1-4-6-12(3)17-14(19)10-18-9-13(16-11-18)8-15-7-5-2/h9,11-12,15H,4-8,10H2,1-3H3,(H,17,19). The van der Waals surface area contributed by atoms with Crippen LogP contribution in [0.1, 0.15) is 45.7 Å². The lowest BCUT2D eigenvalue weighted by atomic mass is 10.2. The third-order valence-corrected chi connectivity index (χ3v) is 2.87. The van der Waals surface area contributed by atoms with Gasteiger partial charge in [-0.15, -0.1) is 0 Å². The summed E-state index contributed by atoms with van der Waals surface area (Å²) in [5.74, 6) is 0.0476. The fourth-order valence-electron chi connectivity index (χ4n) is 1.97. The molecule has 1 aromatic heterocycles. The van der Waals surface area contributed by atoms with Gasteiger partial charge in [-0.25, -0.2) is 4.98 Å². The van der Waals surface area contributed by atoms with Gasteiger partial charge in [0.1, 0.15) is 6.54 Å². The Bertz CT molecular complexity index is 375. The second-order valence-corrected chi connectivity index (χ2v) is 4.97. The molecule has 2 N–H and O–H groups in total. The van der Waals surface area contributed by atoms with E-state index >= 15 is 0 Å². The lowest BCUT2D eigenvalue weighted by molar-refractivity contribution is -0.122. The van der Waals surface area contributed by atoms with Gasteiger partial charge in [-0.3, -0.25) is 4.79 Å². The van der Waals surface area contributed by atoms with Crippen LogP contribution in [0, 0.1) is 0 Å². The highest BCUT2D eigenvalue weighted by Crippen LogP contribution is 1.98. The molecule has 5 nitrogen and oxygen atoms in total. The molecule has 1 aromatic rings. The maximum atomic E-state index is 11.8. The van der Waals surface area contributed by atoms with Gasteiger partial charge in [-0.1, -0.05) is 20.3 Å². The first-order chi connectivity index (χ1) is 9.15. The predicted octanol–water partition coefficient (Wildman–Crippen LogP) is 1.69. The quantitative estimate of drug-likeness (QED) is 0.669. The molecule has 0 saturated heterocycles. The second-order valence-electron chi connectivity index (χ2n) is 4.97. The summed E-state index contributed by atoms with van der Waals surface area (Å²) in [6.07, 6.45) is 6.85. The molecule has 0 aliphatic heterocycles. The minimum Gasteiger partial charge on any atom is -0.352 e. The largest absolute Gasteiger partial charge is 0.352 e. The molecule has 19 heavy (non-hydrogen) atoms. The van der Waals surface area contributed by atoms with Gasteiger partial charge >= 0.3 is 0 Å². The van der Waals surface area contributed by atoms with Gasteiger partial charge in [-0.2, -0.15) is 0 Å². The molecule has 0 aliphatic carbocycles. The van der Waals surface area contributed by atoms with E-state index in [0.717, 1.165) is 38.0 Å². The van der Waals surface area contributed by atoms with Crippen molar-refractivity contribution in [1.82, 2.24) is 20.2 Å². The average molecular weight is 266 g/mol. The van der Waals surface area contributed by atoms with Crippen molar-refractivity contribution in [3.05, 3.63) is 18.2 Å². The molecule has 0 spiro atoms. The third-order valence-electron chi connectivity index (χ3n) is 2.87. The maximum Gasteiger partial charge on any atom is 0.240 e. The van der Waals surface area contributed by atoms with Crippen LogP contribution < -0.4 is 10.6 Å². The first-order valence-electron chi connectivity index (χ1n) is 7.16. The van der Waals surface area contributed by atoms with Gasteiger partial charge in [0, 0.05) is 18.8 Å².